The molecule has 0 fully saturated rings. The maximum Gasteiger partial charge on any atom is 0.250 e. The summed E-state index contributed by atoms with van der Waals surface area (Å²) in [6, 6.07) is 2.58. The minimum Gasteiger partial charge on any atom is -0.372 e. The predicted molar refractivity (Wildman–Crippen MR) is 66.2 cm³/mol. The highest BCUT2D eigenvalue weighted by atomic mass is 35.5. The van der Waals surface area contributed by atoms with Gasteiger partial charge >= 0.3 is 0 Å². The van der Waals surface area contributed by atoms with Crippen molar-refractivity contribution in [3.63, 3.8) is 0 Å². The molecule has 1 N–H and O–H groups in total. The average Bonchev–Trinajstić information content (AvgIpc) is 2.26. The first-order valence-electron chi connectivity index (χ1n) is 5.06. The molecular weight excluding hydrogens is 268 g/mol. The van der Waals surface area contributed by atoms with Crippen LogP contribution in [0.5, 0.6) is 0 Å². The number of nitrogens with one attached hydrogen (secondary N) is 1. The van der Waals surface area contributed by atoms with Crippen molar-refractivity contribution in [1.82, 2.24) is 0 Å². The number of amides is 1. The lowest BCUT2D eigenvalue weighted by Crippen LogP contribution is -2.18. The molecule has 0 unspecified atom stereocenters. The van der Waals surface area contributed by atoms with Crippen molar-refractivity contribution in [2.75, 3.05) is 18.5 Å². The van der Waals surface area contributed by atoms with Crippen molar-refractivity contribution in [2.45, 2.75) is 13.3 Å². The van der Waals surface area contributed by atoms with Crippen molar-refractivity contribution in [3.8, 4) is 0 Å². The number of carbonyl (C=O) groups excluding carboxylic acids is 1. The molecule has 1 amide bonds. The lowest BCUT2D eigenvalue weighted by atomic mass is 10.3. The van der Waals surface area contributed by atoms with Gasteiger partial charge in [-0.2, -0.15) is 0 Å². The fourth-order valence-corrected chi connectivity index (χ4v) is 1.62. The number of halogens is 3. The Balaban J connectivity index is 2.60. The van der Waals surface area contributed by atoms with Gasteiger partial charge in [-0.15, -0.1) is 0 Å². The van der Waals surface area contributed by atoms with Gasteiger partial charge < -0.3 is 10.1 Å². The molecule has 0 heterocycles. The number of hydrogen-bond donors (Lipinski definition) is 1. The second-order valence-corrected chi connectivity index (χ2v) is 4.17. The SMILES string of the molecule is CCCOCC(=O)Nc1cc(Cl)c(F)c(Cl)c1. The molecule has 0 saturated heterocycles. The lowest BCUT2D eigenvalue weighted by molar-refractivity contribution is -0.120. The van der Waals surface area contributed by atoms with E-state index in [1.807, 2.05) is 6.92 Å². The van der Waals surface area contributed by atoms with Gasteiger partial charge in [0.2, 0.25) is 5.91 Å². The molecule has 1 aromatic rings. The fourth-order valence-electron chi connectivity index (χ4n) is 1.13. The van der Waals surface area contributed by atoms with Gasteiger partial charge in [-0.3, -0.25) is 4.79 Å². The molecule has 0 spiro atoms. The Morgan fingerprint density at radius 3 is 2.53 bits per heavy atom. The van der Waals surface area contributed by atoms with Gasteiger partial charge in [0.15, 0.2) is 5.82 Å². The highest BCUT2D eigenvalue weighted by molar-refractivity contribution is 6.35. The van der Waals surface area contributed by atoms with Crippen molar-refractivity contribution >= 4 is 34.8 Å². The van der Waals surface area contributed by atoms with E-state index in [1.54, 1.807) is 0 Å². The maximum atomic E-state index is 13.1. The van der Waals surface area contributed by atoms with Crippen molar-refractivity contribution < 1.29 is 13.9 Å². The standard InChI is InChI=1S/C11H12Cl2FNO2/c1-2-3-17-6-10(16)15-7-4-8(12)11(14)9(13)5-7/h4-5H,2-3,6H2,1H3,(H,15,16). The normalized spacial score (nSPS) is 10.4. The number of ether oxygens (including phenoxy) is 1. The summed E-state index contributed by atoms with van der Waals surface area (Å²) in [5.74, 6) is -1.04. The molecule has 17 heavy (non-hydrogen) atoms. The summed E-state index contributed by atoms with van der Waals surface area (Å²) in [7, 11) is 0. The number of hydrogen-bond acceptors (Lipinski definition) is 2. The summed E-state index contributed by atoms with van der Waals surface area (Å²) in [5, 5.41) is 2.24. The van der Waals surface area contributed by atoms with Crippen LogP contribution < -0.4 is 5.32 Å². The monoisotopic (exact) mass is 279 g/mol. The number of benzene rings is 1. The molecule has 0 aromatic heterocycles. The van der Waals surface area contributed by atoms with Crippen LogP contribution in [0.25, 0.3) is 0 Å². The summed E-state index contributed by atoms with van der Waals surface area (Å²) in [6.07, 6.45) is 0.835. The molecule has 0 aliphatic rings. The first-order chi connectivity index (χ1) is 8.04. The Morgan fingerprint density at radius 1 is 1.41 bits per heavy atom. The highest BCUT2D eigenvalue weighted by Gasteiger charge is 2.09. The molecule has 1 aromatic carbocycles. The summed E-state index contributed by atoms with van der Waals surface area (Å²) in [6.45, 7) is 2.40. The fraction of sp³-hybridized carbons (Fsp3) is 0.364. The average molecular weight is 280 g/mol. The van der Waals surface area contributed by atoms with E-state index >= 15 is 0 Å². The molecule has 0 bridgehead atoms. The largest absolute Gasteiger partial charge is 0.372 e. The van der Waals surface area contributed by atoms with Crippen molar-refractivity contribution in [3.05, 3.63) is 28.0 Å². The Bertz CT molecular complexity index is 389. The molecule has 6 heteroatoms. The third kappa shape index (κ3) is 4.50. The molecule has 1 rings (SSSR count). The smallest absolute Gasteiger partial charge is 0.250 e. The van der Waals surface area contributed by atoms with Gasteiger partial charge in [0, 0.05) is 12.3 Å². The second kappa shape index (κ2) is 6.79. The Morgan fingerprint density at radius 2 is 2.00 bits per heavy atom. The van der Waals surface area contributed by atoms with Crippen LogP contribution in [-0.2, 0) is 9.53 Å². The third-order valence-electron chi connectivity index (χ3n) is 1.85. The van der Waals surface area contributed by atoms with Crippen LogP contribution in [0.2, 0.25) is 10.0 Å². The molecule has 0 atom stereocenters. The van der Waals surface area contributed by atoms with Crippen LogP contribution in [0.1, 0.15) is 13.3 Å². The first-order valence-corrected chi connectivity index (χ1v) is 5.82. The van der Waals surface area contributed by atoms with Crippen molar-refractivity contribution in [1.29, 1.82) is 0 Å². The van der Waals surface area contributed by atoms with Crippen LogP contribution in [0, 0.1) is 5.82 Å². The summed E-state index contributed by atoms with van der Waals surface area (Å²) < 4.78 is 18.1. The molecule has 0 aliphatic heterocycles. The number of anilines is 1. The zero-order valence-corrected chi connectivity index (χ0v) is 10.7. The van der Waals surface area contributed by atoms with Gasteiger partial charge in [0.1, 0.15) is 6.61 Å². The predicted octanol–water partition coefficient (Wildman–Crippen LogP) is 3.50. The van der Waals surface area contributed by atoms with Crippen LogP contribution in [-0.4, -0.2) is 19.1 Å². The van der Waals surface area contributed by atoms with E-state index < -0.39 is 5.82 Å². The molecule has 0 saturated carbocycles. The van der Waals surface area contributed by atoms with Crippen LogP contribution in [0.15, 0.2) is 12.1 Å². The summed E-state index contributed by atoms with van der Waals surface area (Å²) in [4.78, 5) is 11.4. The Labute approximate surface area is 109 Å². The quantitative estimate of drug-likeness (QED) is 0.662. The number of carbonyl (C=O) groups is 1. The van der Waals surface area contributed by atoms with Crippen molar-refractivity contribution in [2.24, 2.45) is 0 Å². The Hall–Kier alpha value is -0.840. The summed E-state index contributed by atoms with van der Waals surface area (Å²) >= 11 is 11.2. The lowest BCUT2D eigenvalue weighted by Gasteiger charge is -2.07. The zero-order valence-electron chi connectivity index (χ0n) is 9.23. The van der Waals surface area contributed by atoms with Crippen LogP contribution in [0.3, 0.4) is 0 Å². The van der Waals surface area contributed by atoms with Gasteiger partial charge in [-0.05, 0) is 18.6 Å². The van der Waals surface area contributed by atoms with Gasteiger partial charge in [-0.1, -0.05) is 30.1 Å². The number of rotatable bonds is 5. The van der Waals surface area contributed by atoms with E-state index in [4.69, 9.17) is 27.9 Å². The van der Waals surface area contributed by atoms with E-state index in [2.05, 4.69) is 5.32 Å². The highest BCUT2D eigenvalue weighted by Crippen LogP contribution is 2.27. The van der Waals surface area contributed by atoms with Gasteiger partial charge in [-0.25, -0.2) is 4.39 Å². The molecule has 3 nitrogen and oxygen atoms in total. The van der Waals surface area contributed by atoms with E-state index in [0.29, 0.717) is 12.3 Å². The Kier molecular flexibility index (Phi) is 5.68. The molecule has 94 valence electrons. The van der Waals surface area contributed by atoms with Gasteiger partial charge in [0.25, 0.3) is 0 Å². The third-order valence-corrected chi connectivity index (χ3v) is 2.40. The van der Waals surface area contributed by atoms with Crippen LogP contribution in [0.4, 0.5) is 10.1 Å². The van der Waals surface area contributed by atoms with E-state index in [9.17, 15) is 9.18 Å². The van der Waals surface area contributed by atoms with E-state index in [0.717, 1.165) is 6.42 Å². The maximum absolute atomic E-state index is 13.1. The minimum absolute atomic E-state index is 0.0551. The van der Waals surface area contributed by atoms with E-state index in [1.165, 1.54) is 12.1 Å². The van der Waals surface area contributed by atoms with Gasteiger partial charge in [0.05, 0.1) is 10.0 Å². The zero-order chi connectivity index (χ0) is 12.8. The minimum atomic E-state index is -0.700. The summed E-state index contributed by atoms with van der Waals surface area (Å²) in [5.41, 5.74) is 0.339. The second-order valence-electron chi connectivity index (χ2n) is 3.35. The molecular formula is C11H12Cl2FNO2. The molecule has 0 radical (unpaired) electrons. The first kappa shape index (κ1) is 14.2. The topological polar surface area (TPSA) is 38.3 Å². The van der Waals surface area contributed by atoms with E-state index in [-0.39, 0.29) is 22.6 Å². The van der Waals surface area contributed by atoms with Crippen LogP contribution >= 0.6 is 23.2 Å². The molecule has 0 aliphatic carbocycles.